The Morgan fingerprint density at radius 2 is 0.782 bits per heavy atom. The summed E-state index contributed by atoms with van der Waals surface area (Å²) < 4.78 is 30.8. The first-order valence-corrected chi connectivity index (χ1v) is 34.6. The summed E-state index contributed by atoms with van der Waals surface area (Å²) in [4.78, 5) is 37.8. The molecule has 0 aromatic heterocycles. The van der Waals surface area contributed by atoms with Crippen molar-refractivity contribution in [2.24, 2.45) is 0 Å². The Bertz CT molecular complexity index is 1520. The van der Waals surface area contributed by atoms with Gasteiger partial charge in [0.25, 0.3) is 0 Å². The van der Waals surface area contributed by atoms with Crippen LogP contribution >= 0.6 is 7.82 Å². The summed E-state index contributed by atoms with van der Waals surface area (Å²) in [5.41, 5.74) is 0. The molecule has 0 saturated carbocycles. The highest BCUT2D eigenvalue weighted by atomic mass is 31.2. The third-order valence-electron chi connectivity index (χ3n) is 14.7. The topological polar surface area (TPSA) is 111 Å². The molecule has 0 aliphatic heterocycles. The van der Waals surface area contributed by atoms with Gasteiger partial charge in [-0.2, -0.15) is 0 Å². The standard InChI is InChI=1S/C68H127N2O7P/c1-7-10-13-16-19-22-25-28-30-32-34-35-37-38-40-42-45-48-51-54-57-60-67(71)69-65(64-76-78(73,74)75-63-62-70(4,5)6)66(59-56-53-50-47-44-27-24-21-18-15-12-9-3)77-68(72)61-58-55-52-49-46-43-41-39-36-33-31-29-26-23-20-17-14-11-8-2/h20,23,28-31,36,39,56,59,65-66H,7-19,21-22,24-27,32-35,37-38,40-55,57-58,60-64H2,1-6H3,(H-,69,71,73,74)/p+1/b23-20-,30-28+,31-29-,39-36-,59-56+. The smallest absolute Gasteiger partial charge is 0.456 e. The second-order valence-electron chi connectivity index (χ2n) is 23.6. The van der Waals surface area contributed by atoms with Gasteiger partial charge in [-0.25, -0.2) is 4.57 Å². The van der Waals surface area contributed by atoms with Gasteiger partial charge in [0.05, 0.1) is 33.8 Å². The fraction of sp³-hybridized carbons (Fsp3) is 0.824. The number of hydrogen-bond acceptors (Lipinski definition) is 6. The molecule has 78 heavy (non-hydrogen) atoms. The Kier molecular flexibility index (Phi) is 56.2. The zero-order valence-electron chi connectivity index (χ0n) is 52.2. The molecule has 3 unspecified atom stereocenters. The molecule has 0 aromatic rings. The van der Waals surface area contributed by atoms with Crippen LogP contribution in [0.1, 0.15) is 310 Å². The van der Waals surface area contributed by atoms with Crippen molar-refractivity contribution in [1.29, 1.82) is 0 Å². The lowest BCUT2D eigenvalue weighted by atomic mass is 10.0. The maximum Gasteiger partial charge on any atom is 0.472 e. The molecule has 0 rings (SSSR count). The van der Waals surface area contributed by atoms with E-state index < -0.39 is 20.0 Å². The molecule has 0 fully saturated rings. The van der Waals surface area contributed by atoms with Crippen LogP contribution in [-0.4, -0.2) is 74.3 Å². The number of quaternary nitrogens is 1. The molecule has 456 valence electrons. The SMILES string of the molecule is CCCCC/C=C\C/C=C\C/C=C\CCCCCCCCC(=O)OC(/C=C/CCCCCCCCCCCC)C(COP(=O)(O)OCC[N+](C)(C)C)NC(=O)CCCCCCCCCCCCC/C=C/CCCCCCCC. The van der Waals surface area contributed by atoms with E-state index in [0.29, 0.717) is 17.4 Å². The van der Waals surface area contributed by atoms with Crippen LogP contribution in [0.4, 0.5) is 0 Å². The van der Waals surface area contributed by atoms with E-state index in [2.05, 4.69) is 74.7 Å². The van der Waals surface area contributed by atoms with E-state index in [1.165, 1.54) is 193 Å². The van der Waals surface area contributed by atoms with Crippen LogP contribution in [0.3, 0.4) is 0 Å². The highest BCUT2D eigenvalue weighted by Crippen LogP contribution is 2.43. The number of esters is 1. The number of hydrogen-bond donors (Lipinski definition) is 2. The van der Waals surface area contributed by atoms with E-state index in [1.807, 2.05) is 33.3 Å². The summed E-state index contributed by atoms with van der Waals surface area (Å²) in [5, 5.41) is 3.06. The number of amides is 1. The molecule has 0 aliphatic carbocycles. The molecule has 0 heterocycles. The van der Waals surface area contributed by atoms with Gasteiger partial charge in [-0.3, -0.25) is 18.6 Å². The fourth-order valence-electron chi connectivity index (χ4n) is 9.53. The lowest BCUT2D eigenvalue weighted by Crippen LogP contribution is -2.47. The Morgan fingerprint density at radius 1 is 0.449 bits per heavy atom. The minimum Gasteiger partial charge on any atom is -0.456 e. The first-order valence-electron chi connectivity index (χ1n) is 33.1. The van der Waals surface area contributed by atoms with Gasteiger partial charge in [-0.1, -0.05) is 262 Å². The van der Waals surface area contributed by atoms with E-state index >= 15 is 0 Å². The van der Waals surface area contributed by atoms with Gasteiger partial charge in [-0.15, -0.1) is 0 Å². The van der Waals surface area contributed by atoms with Gasteiger partial charge in [-0.05, 0) is 96.0 Å². The van der Waals surface area contributed by atoms with Gasteiger partial charge in [0.2, 0.25) is 5.91 Å². The first-order chi connectivity index (χ1) is 37.9. The molecule has 9 nitrogen and oxygen atoms in total. The summed E-state index contributed by atoms with van der Waals surface area (Å²) >= 11 is 0. The van der Waals surface area contributed by atoms with Crippen LogP contribution in [0.15, 0.2) is 60.8 Å². The number of unbranched alkanes of at least 4 members (excludes halogenated alkanes) is 36. The van der Waals surface area contributed by atoms with E-state index in [0.717, 1.165) is 83.5 Å². The van der Waals surface area contributed by atoms with Crippen molar-refractivity contribution in [1.82, 2.24) is 5.32 Å². The first kappa shape index (κ1) is 75.7. The number of nitrogens with one attached hydrogen (secondary N) is 1. The van der Waals surface area contributed by atoms with Gasteiger partial charge in [0.15, 0.2) is 0 Å². The maximum atomic E-state index is 13.6. The minimum atomic E-state index is -4.45. The molecule has 0 aromatic carbocycles. The summed E-state index contributed by atoms with van der Waals surface area (Å²) in [6.07, 6.45) is 73.6. The number of likely N-dealkylation sites (N-methyl/N-ethyl adjacent to an activating group) is 1. The van der Waals surface area contributed by atoms with Crippen molar-refractivity contribution in [3.05, 3.63) is 60.8 Å². The van der Waals surface area contributed by atoms with Crippen molar-refractivity contribution in [2.75, 3.05) is 40.9 Å². The zero-order chi connectivity index (χ0) is 57.2. The normalized spacial score (nSPS) is 14.0. The highest BCUT2D eigenvalue weighted by molar-refractivity contribution is 7.47. The molecular weight excluding hydrogens is 988 g/mol. The second-order valence-corrected chi connectivity index (χ2v) is 25.1. The second kappa shape index (κ2) is 57.9. The summed E-state index contributed by atoms with van der Waals surface area (Å²) in [7, 11) is 1.49. The predicted octanol–water partition coefficient (Wildman–Crippen LogP) is 20.6. The highest BCUT2D eigenvalue weighted by Gasteiger charge is 2.30. The van der Waals surface area contributed by atoms with E-state index in [-0.39, 0.29) is 31.5 Å². The number of carbonyl (C=O) groups excluding carboxylic acids is 2. The minimum absolute atomic E-state index is 0.0373. The summed E-state index contributed by atoms with van der Waals surface area (Å²) in [5.74, 6) is -0.512. The number of rotatable bonds is 60. The Labute approximate surface area is 483 Å². The monoisotopic (exact) mass is 1120 g/mol. The van der Waals surface area contributed by atoms with Crippen LogP contribution in [-0.2, 0) is 27.9 Å². The summed E-state index contributed by atoms with van der Waals surface area (Å²) in [6.45, 7) is 7.00. The lowest BCUT2D eigenvalue weighted by Gasteiger charge is -2.27. The average Bonchev–Trinajstić information content (AvgIpc) is 3.40. The summed E-state index contributed by atoms with van der Waals surface area (Å²) in [6, 6.07) is -0.855. The van der Waals surface area contributed by atoms with E-state index in [4.69, 9.17) is 13.8 Å². The molecule has 1 amide bonds. The number of allylic oxidation sites excluding steroid dienone is 9. The van der Waals surface area contributed by atoms with Crippen LogP contribution in [0, 0.1) is 0 Å². The molecule has 3 atom stereocenters. The average molecular weight is 1120 g/mol. The van der Waals surface area contributed by atoms with Crippen molar-refractivity contribution in [3.8, 4) is 0 Å². The molecule has 10 heteroatoms. The van der Waals surface area contributed by atoms with E-state index in [9.17, 15) is 19.0 Å². The molecule has 2 N–H and O–H groups in total. The molecule has 0 bridgehead atoms. The van der Waals surface area contributed by atoms with Crippen LogP contribution in [0.5, 0.6) is 0 Å². The number of ether oxygens (including phenoxy) is 1. The maximum absolute atomic E-state index is 13.6. The quantitative estimate of drug-likeness (QED) is 0.0205. The van der Waals surface area contributed by atoms with E-state index in [1.54, 1.807) is 0 Å². The largest absolute Gasteiger partial charge is 0.472 e. The van der Waals surface area contributed by atoms with Gasteiger partial charge >= 0.3 is 13.8 Å². The van der Waals surface area contributed by atoms with Crippen LogP contribution in [0.25, 0.3) is 0 Å². The van der Waals surface area contributed by atoms with Gasteiger partial charge in [0.1, 0.15) is 19.3 Å². The van der Waals surface area contributed by atoms with Gasteiger partial charge < -0.3 is 19.4 Å². The zero-order valence-corrected chi connectivity index (χ0v) is 53.1. The Morgan fingerprint density at radius 3 is 1.21 bits per heavy atom. The lowest BCUT2D eigenvalue weighted by molar-refractivity contribution is -0.870. The molecule has 0 radical (unpaired) electrons. The molecule has 0 saturated heterocycles. The van der Waals surface area contributed by atoms with Crippen molar-refractivity contribution in [2.45, 2.75) is 322 Å². The van der Waals surface area contributed by atoms with Crippen molar-refractivity contribution in [3.63, 3.8) is 0 Å². The number of carbonyl (C=O) groups is 2. The van der Waals surface area contributed by atoms with Gasteiger partial charge in [0, 0.05) is 12.8 Å². The number of phosphoric ester groups is 1. The number of phosphoric acid groups is 1. The predicted molar refractivity (Wildman–Crippen MR) is 337 cm³/mol. The Hall–Kier alpha value is -2.29. The molecule has 0 aliphatic rings. The van der Waals surface area contributed by atoms with Crippen molar-refractivity contribution >= 4 is 19.7 Å². The third kappa shape index (κ3) is 58.4. The van der Waals surface area contributed by atoms with Crippen LogP contribution in [0.2, 0.25) is 0 Å². The van der Waals surface area contributed by atoms with Crippen LogP contribution < -0.4 is 5.32 Å². The fourth-order valence-corrected chi connectivity index (χ4v) is 10.3. The molecule has 0 spiro atoms. The Balaban J connectivity index is 5.19. The molecular formula is C68H128N2O7P+. The van der Waals surface area contributed by atoms with Crippen molar-refractivity contribution < 1.29 is 37.3 Å². The third-order valence-corrected chi connectivity index (χ3v) is 15.7. The number of nitrogens with zero attached hydrogens (tertiary/aromatic N) is 1.